The molecule has 0 aliphatic rings. The van der Waals surface area contributed by atoms with Crippen LogP contribution < -0.4 is 4.31 Å². The maximum absolute atomic E-state index is 12.1. The second kappa shape index (κ2) is 8.34. The van der Waals surface area contributed by atoms with Crippen molar-refractivity contribution >= 4 is 21.6 Å². The largest absolute Gasteiger partial charge is 0.343 e. The van der Waals surface area contributed by atoms with E-state index in [0.717, 1.165) is 11.1 Å². The summed E-state index contributed by atoms with van der Waals surface area (Å²) in [6.45, 7) is 9.41. The van der Waals surface area contributed by atoms with E-state index in [1.54, 1.807) is 4.90 Å². The van der Waals surface area contributed by atoms with E-state index in [-0.39, 0.29) is 5.91 Å². The summed E-state index contributed by atoms with van der Waals surface area (Å²) < 4.78 is 25.7. The van der Waals surface area contributed by atoms with Crippen LogP contribution in [0.2, 0.25) is 0 Å². The van der Waals surface area contributed by atoms with Crippen LogP contribution in [0.3, 0.4) is 0 Å². The van der Waals surface area contributed by atoms with Gasteiger partial charge in [-0.05, 0) is 51.3 Å². The molecule has 0 aliphatic heterocycles. The molecule has 0 aliphatic carbocycles. The fraction of sp³-hybridized carbons (Fsp3) is 0.588. The summed E-state index contributed by atoms with van der Waals surface area (Å²) in [4.78, 5) is 13.8. The van der Waals surface area contributed by atoms with Gasteiger partial charge in [0.1, 0.15) is 0 Å². The summed E-state index contributed by atoms with van der Waals surface area (Å²) in [6.07, 6.45) is 2.08. The molecule has 0 saturated carbocycles. The number of anilines is 1. The van der Waals surface area contributed by atoms with Crippen molar-refractivity contribution in [2.75, 3.05) is 30.2 Å². The minimum Gasteiger partial charge on any atom is -0.343 e. The van der Waals surface area contributed by atoms with Crippen LogP contribution in [0.4, 0.5) is 5.69 Å². The molecule has 0 radical (unpaired) electrons. The van der Waals surface area contributed by atoms with E-state index in [2.05, 4.69) is 0 Å². The lowest BCUT2D eigenvalue weighted by Gasteiger charge is -2.25. The Labute approximate surface area is 140 Å². The highest BCUT2D eigenvalue weighted by Gasteiger charge is 2.20. The molecule has 130 valence electrons. The van der Waals surface area contributed by atoms with Gasteiger partial charge < -0.3 is 4.90 Å². The lowest BCUT2D eigenvalue weighted by atomic mass is 10.1. The molecule has 0 aromatic heterocycles. The maximum Gasteiger partial charge on any atom is 0.232 e. The first-order chi connectivity index (χ1) is 10.7. The number of benzene rings is 1. The average molecular weight is 340 g/mol. The predicted molar refractivity (Wildman–Crippen MR) is 95.3 cm³/mol. The number of hydrogen-bond acceptors (Lipinski definition) is 3. The third-order valence-corrected chi connectivity index (χ3v) is 5.08. The van der Waals surface area contributed by atoms with Gasteiger partial charge in [-0.15, -0.1) is 0 Å². The average Bonchev–Trinajstić information content (AvgIpc) is 2.46. The minimum atomic E-state index is -3.38. The quantitative estimate of drug-likeness (QED) is 0.731. The molecule has 0 fully saturated rings. The lowest BCUT2D eigenvalue weighted by Crippen LogP contribution is -2.34. The molecule has 1 aromatic rings. The molecule has 5 nitrogen and oxygen atoms in total. The van der Waals surface area contributed by atoms with Crippen LogP contribution in [0.5, 0.6) is 0 Å². The van der Waals surface area contributed by atoms with Crippen LogP contribution in [0, 0.1) is 13.8 Å². The molecule has 1 amide bonds. The Balaban J connectivity index is 2.86. The fourth-order valence-electron chi connectivity index (χ4n) is 2.56. The Kier molecular flexibility index (Phi) is 7.06. The molecule has 1 rings (SSSR count). The molecular formula is C17H28N2O3S. The van der Waals surface area contributed by atoms with Gasteiger partial charge in [-0.2, -0.15) is 0 Å². The number of hydrogen-bond donors (Lipinski definition) is 0. The Morgan fingerprint density at radius 1 is 1.13 bits per heavy atom. The van der Waals surface area contributed by atoms with Crippen LogP contribution in [0.1, 0.15) is 37.8 Å². The van der Waals surface area contributed by atoms with E-state index in [9.17, 15) is 13.2 Å². The zero-order valence-corrected chi connectivity index (χ0v) is 15.6. The predicted octanol–water partition coefficient (Wildman–Crippen LogP) is 2.72. The van der Waals surface area contributed by atoms with Crippen molar-refractivity contribution in [2.45, 2.75) is 40.5 Å². The molecule has 0 saturated heterocycles. The monoisotopic (exact) mass is 340 g/mol. The SMILES string of the molecule is CCN(CC)C(=O)CCCN(c1cc(C)ccc1C)S(C)(=O)=O. The van der Waals surface area contributed by atoms with Crippen molar-refractivity contribution in [3.8, 4) is 0 Å². The van der Waals surface area contributed by atoms with Crippen LogP contribution >= 0.6 is 0 Å². The van der Waals surface area contributed by atoms with Gasteiger partial charge in [-0.1, -0.05) is 12.1 Å². The van der Waals surface area contributed by atoms with E-state index in [1.807, 2.05) is 45.9 Å². The maximum atomic E-state index is 12.1. The van der Waals surface area contributed by atoms with E-state index in [0.29, 0.717) is 38.2 Å². The van der Waals surface area contributed by atoms with Crippen molar-refractivity contribution < 1.29 is 13.2 Å². The Bertz CT molecular complexity index is 637. The first kappa shape index (κ1) is 19.5. The molecule has 0 spiro atoms. The third-order valence-electron chi connectivity index (χ3n) is 3.90. The Morgan fingerprint density at radius 2 is 1.74 bits per heavy atom. The summed E-state index contributed by atoms with van der Waals surface area (Å²) >= 11 is 0. The highest BCUT2D eigenvalue weighted by Crippen LogP contribution is 2.24. The van der Waals surface area contributed by atoms with Crippen molar-refractivity contribution in [2.24, 2.45) is 0 Å². The molecule has 23 heavy (non-hydrogen) atoms. The van der Waals surface area contributed by atoms with E-state index in [4.69, 9.17) is 0 Å². The number of carbonyl (C=O) groups excluding carboxylic acids is 1. The summed E-state index contributed by atoms with van der Waals surface area (Å²) in [5, 5.41) is 0. The molecule has 6 heteroatoms. The number of rotatable bonds is 8. The van der Waals surface area contributed by atoms with Crippen molar-refractivity contribution in [3.63, 3.8) is 0 Å². The van der Waals surface area contributed by atoms with E-state index < -0.39 is 10.0 Å². The molecule has 0 N–H and O–H groups in total. The minimum absolute atomic E-state index is 0.0735. The number of nitrogens with zero attached hydrogens (tertiary/aromatic N) is 2. The number of amides is 1. The normalized spacial score (nSPS) is 11.3. The second-order valence-electron chi connectivity index (χ2n) is 5.79. The van der Waals surface area contributed by atoms with Gasteiger partial charge in [-0.3, -0.25) is 9.10 Å². The van der Waals surface area contributed by atoms with Gasteiger partial charge in [0.15, 0.2) is 0 Å². The van der Waals surface area contributed by atoms with E-state index >= 15 is 0 Å². The van der Waals surface area contributed by atoms with Crippen LogP contribution in [0.15, 0.2) is 18.2 Å². The van der Waals surface area contributed by atoms with Crippen molar-refractivity contribution in [1.82, 2.24) is 4.90 Å². The molecule has 0 atom stereocenters. The zero-order valence-electron chi connectivity index (χ0n) is 14.8. The molecule has 1 aromatic carbocycles. The molecule has 0 unspecified atom stereocenters. The smallest absolute Gasteiger partial charge is 0.232 e. The van der Waals surface area contributed by atoms with Gasteiger partial charge in [0.25, 0.3) is 0 Å². The Morgan fingerprint density at radius 3 is 2.26 bits per heavy atom. The zero-order chi connectivity index (χ0) is 17.6. The third kappa shape index (κ3) is 5.53. The van der Waals surface area contributed by atoms with Crippen molar-refractivity contribution in [3.05, 3.63) is 29.3 Å². The summed E-state index contributed by atoms with van der Waals surface area (Å²) in [5.41, 5.74) is 2.62. The Hall–Kier alpha value is -1.56. The lowest BCUT2D eigenvalue weighted by molar-refractivity contribution is -0.130. The van der Waals surface area contributed by atoms with Gasteiger partial charge in [0.2, 0.25) is 15.9 Å². The van der Waals surface area contributed by atoms with Gasteiger partial charge in [0.05, 0.1) is 11.9 Å². The van der Waals surface area contributed by atoms with Gasteiger partial charge in [0, 0.05) is 26.1 Å². The van der Waals surface area contributed by atoms with Crippen LogP contribution in [-0.4, -0.2) is 45.1 Å². The van der Waals surface area contributed by atoms with Crippen LogP contribution in [0.25, 0.3) is 0 Å². The second-order valence-corrected chi connectivity index (χ2v) is 7.70. The van der Waals surface area contributed by atoms with E-state index in [1.165, 1.54) is 10.6 Å². The number of carbonyl (C=O) groups is 1. The summed E-state index contributed by atoms with van der Waals surface area (Å²) in [5.74, 6) is 0.0735. The van der Waals surface area contributed by atoms with Crippen molar-refractivity contribution in [1.29, 1.82) is 0 Å². The number of aryl methyl sites for hydroxylation is 2. The van der Waals surface area contributed by atoms with Gasteiger partial charge >= 0.3 is 0 Å². The van der Waals surface area contributed by atoms with Gasteiger partial charge in [-0.25, -0.2) is 8.42 Å². The molecular weight excluding hydrogens is 312 g/mol. The molecule has 0 heterocycles. The van der Waals surface area contributed by atoms with Crippen LogP contribution in [-0.2, 0) is 14.8 Å². The highest BCUT2D eigenvalue weighted by molar-refractivity contribution is 7.92. The fourth-order valence-corrected chi connectivity index (χ4v) is 3.58. The first-order valence-corrected chi connectivity index (χ1v) is 9.88. The highest BCUT2D eigenvalue weighted by atomic mass is 32.2. The standard InChI is InChI=1S/C17H28N2O3S/c1-6-18(7-2)17(20)9-8-12-19(23(5,21)22)16-13-14(3)10-11-15(16)4/h10-11,13H,6-9,12H2,1-5H3. The topological polar surface area (TPSA) is 57.7 Å². The summed E-state index contributed by atoms with van der Waals surface area (Å²) in [7, 11) is -3.38. The molecule has 0 bridgehead atoms. The first-order valence-electron chi connectivity index (χ1n) is 8.03. The summed E-state index contributed by atoms with van der Waals surface area (Å²) in [6, 6.07) is 5.76. The number of sulfonamides is 1.